The van der Waals surface area contributed by atoms with E-state index in [1.54, 1.807) is 12.1 Å². The van der Waals surface area contributed by atoms with Crippen LogP contribution >= 0.6 is 0 Å². The van der Waals surface area contributed by atoms with Crippen molar-refractivity contribution in [1.29, 1.82) is 0 Å². The highest BCUT2D eigenvalue weighted by molar-refractivity contribution is 5.36. The molecule has 0 saturated carbocycles. The average molecular weight is 225 g/mol. The molecular weight excluding hydrogens is 206 g/mol. The van der Waals surface area contributed by atoms with Crippen molar-refractivity contribution in [3.63, 3.8) is 0 Å². The van der Waals surface area contributed by atoms with Gasteiger partial charge in [-0.25, -0.2) is 0 Å². The molecule has 0 aliphatic rings. The van der Waals surface area contributed by atoms with E-state index in [4.69, 9.17) is 5.11 Å². The molecule has 0 radical (unpaired) electrons. The highest BCUT2D eigenvalue weighted by Crippen LogP contribution is 2.22. The van der Waals surface area contributed by atoms with Crippen LogP contribution in [-0.4, -0.2) is 27.9 Å². The van der Waals surface area contributed by atoms with E-state index in [9.17, 15) is 10.2 Å². The molecule has 0 saturated heterocycles. The first kappa shape index (κ1) is 13.0. The molecule has 0 aliphatic heterocycles. The first-order chi connectivity index (χ1) is 7.54. The molecule has 16 heavy (non-hydrogen) atoms. The van der Waals surface area contributed by atoms with Crippen LogP contribution in [-0.2, 0) is 6.61 Å². The molecule has 4 heteroatoms. The van der Waals surface area contributed by atoms with Gasteiger partial charge in [0.2, 0.25) is 0 Å². The molecule has 1 aromatic rings. The third-order valence-electron chi connectivity index (χ3n) is 2.38. The predicted molar refractivity (Wildman–Crippen MR) is 62.1 cm³/mol. The summed E-state index contributed by atoms with van der Waals surface area (Å²) in [7, 11) is 0. The summed E-state index contributed by atoms with van der Waals surface area (Å²) < 4.78 is 0. The van der Waals surface area contributed by atoms with Crippen LogP contribution in [0.5, 0.6) is 5.75 Å². The molecule has 0 amide bonds. The Bertz CT molecular complexity index is 339. The van der Waals surface area contributed by atoms with Gasteiger partial charge >= 0.3 is 0 Å². The fraction of sp³-hybridized carbons (Fsp3) is 0.500. The Hall–Kier alpha value is -1.10. The van der Waals surface area contributed by atoms with Gasteiger partial charge in [0.15, 0.2) is 0 Å². The first-order valence-electron chi connectivity index (χ1n) is 5.38. The van der Waals surface area contributed by atoms with Crippen molar-refractivity contribution >= 4 is 0 Å². The van der Waals surface area contributed by atoms with Crippen LogP contribution in [0.1, 0.15) is 31.1 Å². The standard InChI is InChI=1S/C12H19NO3/c1-8(2)13-6-12(16)9-3-4-11(15)10(5-9)7-14/h3-5,8,12-16H,6-7H2,1-2H3/t12-/m1/s1. The summed E-state index contributed by atoms with van der Waals surface area (Å²) in [5.74, 6) is 0.0512. The lowest BCUT2D eigenvalue weighted by Crippen LogP contribution is -2.27. The van der Waals surface area contributed by atoms with Gasteiger partial charge in [-0.3, -0.25) is 0 Å². The minimum atomic E-state index is -0.631. The van der Waals surface area contributed by atoms with Gasteiger partial charge in [0.25, 0.3) is 0 Å². The molecule has 0 unspecified atom stereocenters. The smallest absolute Gasteiger partial charge is 0.121 e. The van der Waals surface area contributed by atoms with Gasteiger partial charge in [-0.05, 0) is 17.7 Å². The van der Waals surface area contributed by atoms with Crippen LogP contribution in [0.25, 0.3) is 0 Å². The van der Waals surface area contributed by atoms with Crippen LogP contribution in [0.4, 0.5) is 0 Å². The van der Waals surface area contributed by atoms with Crippen LogP contribution in [0, 0.1) is 0 Å². The van der Waals surface area contributed by atoms with Crippen molar-refractivity contribution in [1.82, 2.24) is 5.32 Å². The summed E-state index contributed by atoms with van der Waals surface area (Å²) in [6.45, 7) is 4.22. The van der Waals surface area contributed by atoms with E-state index >= 15 is 0 Å². The average Bonchev–Trinajstić information content (AvgIpc) is 2.26. The van der Waals surface area contributed by atoms with Crippen LogP contribution < -0.4 is 5.32 Å². The van der Waals surface area contributed by atoms with E-state index in [2.05, 4.69) is 5.32 Å². The van der Waals surface area contributed by atoms with Gasteiger partial charge in [-0.2, -0.15) is 0 Å². The minimum Gasteiger partial charge on any atom is -0.508 e. The molecule has 1 atom stereocenters. The second kappa shape index (κ2) is 5.84. The molecule has 0 aromatic heterocycles. The Morgan fingerprint density at radius 3 is 2.56 bits per heavy atom. The third kappa shape index (κ3) is 3.48. The van der Waals surface area contributed by atoms with Crippen molar-refractivity contribution in [3.05, 3.63) is 29.3 Å². The van der Waals surface area contributed by atoms with Crippen LogP contribution in [0.2, 0.25) is 0 Å². The van der Waals surface area contributed by atoms with Gasteiger partial charge in [-0.15, -0.1) is 0 Å². The topological polar surface area (TPSA) is 72.7 Å². The highest BCUT2D eigenvalue weighted by atomic mass is 16.3. The molecule has 1 aromatic carbocycles. The summed E-state index contributed by atoms with van der Waals surface area (Å²) in [6, 6.07) is 5.06. The number of aliphatic hydroxyl groups is 2. The number of hydrogen-bond acceptors (Lipinski definition) is 4. The van der Waals surface area contributed by atoms with Crippen molar-refractivity contribution < 1.29 is 15.3 Å². The molecule has 4 N–H and O–H groups in total. The minimum absolute atomic E-state index is 0.0512. The molecule has 0 aliphatic carbocycles. The number of aromatic hydroxyl groups is 1. The molecule has 0 heterocycles. The van der Waals surface area contributed by atoms with Crippen molar-refractivity contribution in [2.45, 2.75) is 32.6 Å². The zero-order valence-corrected chi connectivity index (χ0v) is 9.64. The van der Waals surface area contributed by atoms with Crippen molar-refractivity contribution in [3.8, 4) is 5.75 Å². The Kier molecular flexibility index (Phi) is 4.73. The molecular formula is C12H19NO3. The van der Waals surface area contributed by atoms with Gasteiger partial charge < -0.3 is 20.6 Å². The van der Waals surface area contributed by atoms with Crippen molar-refractivity contribution in [2.24, 2.45) is 0 Å². The lowest BCUT2D eigenvalue weighted by molar-refractivity contribution is 0.171. The predicted octanol–water partition coefficient (Wildman–Crippen LogP) is 0.916. The Morgan fingerprint density at radius 2 is 2.00 bits per heavy atom. The molecule has 90 valence electrons. The van der Waals surface area contributed by atoms with Crippen LogP contribution in [0.15, 0.2) is 18.2 Å². The molecule has 0 bridgehead atoms. The van der Waals surface area contributed by atoms with Crippen molar-refractivity contribution in [2.75, 3.05) is 6.54 Å². The Morgan fingerprint density at radius 1 is 1.31 bits per heavy atom. The fourth-order valence-electron chi connectivity index (χ4n) is 1.40. The van der Waals surface area contributed by atoms with Gasteiger partial charge in [0.05, 0.1) is 12.7 Å². The van der Waals surface area contributed by atoms with E-state index < -0.39 is 6.10 Å². The summed E-state index contributed by atoms with van der Waals surface area (Å²) in [4.78, 5) is 0. The number of rotatable bonds is 5. The zero-order chi connectivity index (χ0) is 12.1. The van der Waals surface area contributed by atoms with E-state index in [1.165, 1.54) is 6.07 Å². The fourth-order valence-corrected chi connectivity index (χ4v) is 1.40. The normalized spacial score (nSPS) is 13.1. The number of nitrogens with one attached hydrogen (secondary N) is 1. The second-order valence-electron chi connectivity index (χ2n) is 4.13. The molecule has 0 spiro atoms. The lowest BCUT2D eigenvalue weighted by Gasteiger charge is -2.15. The molecule has 1 rings (SSSR count). The number of hydrogen-bond donors (Lipinski definition) is 4. The lowest BCUT2D eigenvalue weighted by atomic mass is 10.1. The largest absolute Gasteiger partial charge is 0.508 e. The maximum Gasteiger partial charge on any atom is 0.121 e. The summed E-state index contributed by atoms with van der Waals surface area (Å²) in [5.41, 5.74) is 1.12. The Balaban J connectivity index is 2.72. The van der Waals surface area contributed by atoms with Gasteiger partial charge in [-0.1, -0.05) is 19.9 Å². The van der Waals surface area contributed by atoms with Gasteiger partial charge in [0.1, 0.15) is 5.75 Å². The highest BCUT2D eigenvalue weighted by Gasteiger charge is 2.10. The maximum atomic E-state index is 9.85. The quantitative estimate of drug-likeness (QED) is 0.601. The number of aliphatic hydroxyl groups excluding tert-OH is 2. The van der Waals surface area contributed by atoms with Crippen LogP contribution in [0.3, 0.4) is 0 Å². The monoisotopic (exact) mass is 225 g/mol. The Labute approximate surface area is 95.6 Å². The van der Waals surface area contributed by atoms with E-state index in [0.717, 1.165) is 0 Å². The molecule has 4 nitrogen and oxygen atoms in total. The SMILES string of the molecule is CC(C)NC[C@@H](O)c1ccc(O)c(CO)c1. The van der Waals surface area contributed by atoms with E-state index in [0.29, 0.717) is 23.7 Å². The summed E-state index contributed by atoms with van der Waals surface area (Å²) in [5, 5.41) is 31.3. The third-order valence-corrected chi connectivity index (χ3v) is 2.38. The maximum absolute atomic E-state index is 9.85. The second-order valence-corrected chi connectivity index (χ2v) is 4.13. The van der Waals surface area contributed by atoms with E-state index in [1.807, 2.05) is 13.8 Å². The number of benzene rings is 1. The first-order valence-corrected chi connectivity index (χ1v) is 5.38. The zero-order valence-electron chi connectivity index (χ0n) is 9.64. The summed E-state index contributed by atoms with van der Waals surface area (Å²) >= 11 is 0. The summed E-state index contributed by atoms with van der Waals surface area (Å²) in [6.07, 6.45) is -0.631. The van der Waals surface area contributed by atoms with Gasteiger partial charge in [0, 0.05) is 18.2 Å². The number of phenols is 1. The molecule has 0 fully saturated rings. The van der Waals surface area contributed by atoms with E-state index in [-0.39, 0.29) is 12.4 Å².